The molecule has 5 heteroatoms. The Balaban J connectivity index is 1.80. The van der Waals surface area contributed by atoms with Gasteiger partial charge < -0.3 is 24.0 Å². The van der Waals surface area contributed by atoms with Crippen molar-refractivity contribution in [2.24, 2.45) is 0 Å². The molecule has 0 aliphatic heterocycles. The van der Waals surface area contributed by atoms with Crippen LogP contribution in [0.4, 0.5) is 5.69 Å². The number of aromatic hydroxyl groups is 1. The molecule has 0 atom stereocenters. The van der Waals surface area contributed by atoms with Gasteiger partial charge in [-0.1, -0.05) is 51.7 Å². The summed E-state index contributed by atoms with van der Waals surface area (Å²) in [6.07, 6.45) is 9.50. The summed E-state index contributed by atoms with van der Waals surface area (Å²) in [5.41, 5.74) is 2.43. The molecular weight excluding hydrogens is 412 g/mol. The molecule has 1 heterocycles. The van der Waals surface area contributed by atoms with Crippen molar-refractivity contribution < 1.29 is 14.6 Å². The lowest BCUT2D eigenvalue weighted by atomic mass is 10.1. The Morgan fingerprint density at radius 1 is 0.818 bits per heavy atom. The second kappa shape index (κ2) is 12.4. The maximum Gasteiger partial charge on any atom is 0.199 e. The highest BCUT2D eigenvalue weighted by Gasteiger charge is 2.17. The number of fused-ring (bicyclic) bond motifs is 1. The maximum absolute atomic E-state index is 10.9. The molecule has 2 aromatic carbocycles. The number of nitrogens with zero attached hydrogens (tertiary/aromatic N) is 2. The lowest BCUT2D eigenvalue weighted by Crippen LogP contribution is -2.08. The number of hydrogen-bond acceptors (Lipinski definition) is 4. The van der Waals surface area contributed by atoms with Crippen LogP contribution >= 0.6 is 0 Å². The van der Waals surface area contributed by atoms with Gasteiger partial charge in [0.05, 0.1) is 13.2 Å². The van der Waals surface area contributed by atoms with Crippen molar-refractivity contribution in [3.63, 3.8) is 0 Å². The van der Waals surface area contributed by atoms with Crippen molar-refractivity contribution in [3.05, 3.63) is 48.2 Å². The molecule has 0 amide bonds. The molecule has 3 aromatic rings. The number of hydrogen-bond donors (Lipinski definition) is 1. The second-order valence-corrected chi connectivity index (χ2v) is 8.92. The van der Waals surface area contributed by atoms with E-state index in [-0.39, 0.29) is 5.88 Å². The van der Waals surface area contributed by atoms with Crippen LogP contribution in [0.2, 0.25) is 0 Å². The van der Waals surface area contributed by atoms with E-state index in [1.54, 1.807) is 0 Å². The molecule has 0 bridgehead atoms. The fourth-order valence-electron chi connectivity index (χ4n) is 3.98. The summed E-state index contributed by atoms with van der Waals surface area (Å²) < 4.78 is 14.2. The molecule has 5 nitrogen and oxygen atoms in total. The Morgan fingerprint density at radius 2 is 1.48 bits per heavy atom. The van der Waals surface area contributed by atoms with Crippen molar-refractivity contribution in [2.75, 3.05) is 32.2 Å². The lowest BCUT2D eigenvalue weighted by Gasteiger charge is -2.14. The summed E-state index contributed by atoms with van der Waals surface area (Å²) in [5, 5.41) is 12.6. The van der Waals surface area contributed by atoms with Crippen molar-refractivity contribution in [3.8, 4) is 17.4 Å². The van der Waals surface area contributed by atoms with Crippen LogP contribution in [0.25, 0.3) is 10.8 Å². The van der Waals surface area contributed by atoms with E-state index in [2.05, 4.69) is 43.0 Å². The Labute approximate surface area is 198 Å². The van der Waals surface area contributed by atoms with Crippen molar-refractivity contribution in [2.45, 2.75) is 65.3 Å². The topological polar surface area (TPSA) is 46.9 Å². The highest BCUT2D eigenvalue weighted by Crippen LogP contribution is 2.40. The summed E-state index contributed by atoms with van der Waals surface area (Å²) in [7, 11) is 4.09. The first kappa shape index (κ1) is 24.8. The van der Waals surface area contributed by atoms with Crippen LogP contribution in [0.5, 0.6) is 17.4 Å². The molecule has 33 heavy (non-hydrogen) atoms. The number of aromatic nitrogens is 1. The minimum absolute atomic E-state index is 0.283. The summed E-state index contributed by atoms with van der Waals surface area (Å²) in [4.78, 5) is 2.10. The van der Waals surface area contributed by atoms with Crippen LogP contribution in [-0.2, 0) is 13.0 Å². The molecule has 0 aliphatic carbocycles. The van der Waals surface area contributed by atoms with E-state index < -0.39 is 0 Å². The largest absolute Gasteiger partial charge is 0.494 e. The quantitative estimate of drug-likeness (QED) is 0.273. The van der Waals surface area contributed by atoms with Crippen molar-refractivity contribution >= 4 is 16.5 Å². The van der Waals surface area contributed by atoms with Gasteiger partial charge >= 0.3 is 0 Å². The van der Waals surface area contributed by atoms with Gasteiger partial charge in [0, 0.05) is 43.3 Å². The predicted octanol–water partition coefficient (Wildman–Crippen LogP) is 6.79. The third kappa shape index (κ3) is 6.59. The minimum atomic E-state index is 0.283. The van der Waals surface area contributed by atoms with E-state index in [4.69, 9.17) is 9.47 Å². The zero-order valence-corrected chi connectivity index (χ0v) is 20.8. The van der Waals surface area contributed by atoms with Gasteiger partial charge in [0.25, 0.3) is 0 Å². The molecule has 1 N–H and O–H groups in total. The van der Waals surface area contributed by atoms with E-state index in [0.29, 0.717) is 19.8 Å². The average molecular weight is 453 g/mol. The number of rotatable bonds is 14. The van der Waals surface area contributed by atoms with Crippen LogP contribution in [-0.4, -0.2) is 37.0 Å². The van der Waals surface area contributed by atoms with Crippen molar-refractivity contribution in [1.29, 1.82) is 0 Å². The van der Waals surface area contributed by atoms with Crippen LogP contribution in [0.3, 0.4) is 0 Å². The molecule has 0 radical (unpaired) electrons. The van der Waals surface area contributed by atoms with Crippen LogP contribution in [0, 0.1) is 0 Å². The van der Waals surface area contributed by atoms with E-state index in [0.717, 1.165) is 67.2 Å². The Morgan fingerprint density at radius 3 is 2.12 bits per heavy atom. The normalized spacial score (nSPS) is 11.2. The molecule has 0 aliphatic rings. The molecule has 0 unspecified atom stereocenters. The first-order valence-electron chi connectivity index (χ1n) is 12.4. The fraction of sp³-hybridized carbons (Fsp3) is 0.500. The molecule has 0 saturated carbocycles. The number of anilines is 1. The highest BCUT2D eigenvalue weighted by atomic mass is 16.5. The number of unbranched alkanes of at least 4 members (excludes halogenated alkanes) is 4. The van der Waals surface area contributed by atoms with Gasteiger partial charge in [-0.05, 0) is 49.1 Å². The first-order chi connectivity index (χ1) is 16.0. The molecule has 0 fully saturated rings. The zero-order chi connectivity index (χ0) is 23.6. The zero-order valence-electron chi connectivity index (χ0n) is 20.8. The fourth-order valence-corrected chi connectivity index (χ4v) is 3.98. The molecule has 0 saturated heterocycles. The molecule has 1 aromatic heterocycles. The Hall–Kier alpha value is -2.82. The summed E-state index contributed by atoms with van der Waals surface area (Å²) in [5.74, 6) is 1.81. The highest BCUT2D eigenvalue weighted by molar-refractivity contribution is 5.94. The summed E-state index contributed by atoms with van der Waals surface area (Å²) >= 11 is 0. The van der Waals surface area contributed by atoms with Crippen LogP contribution < -0.4 is 14.4 Å². The first-order valence-corrected chi connectivity index (χ1v) is 12.4. The van der Waals surface area contributed by atoms with Crippen molar-refractivity contribution in [1.82, 2.24) is 4.57 Å². The molecule has 180 valence electrons. The molecular formula is C28H40N2O3. The average Bonchev–Trinajstić information content (AvgIpc) is 3.14. The van der Waals surface area contributed by atoms with E-state index in [9.17, 15) is 5.11 Å². The van der Waals surface area contributed by atoms with Crippen LogP contribution in [0.15, 0.2) is 42.6 Å². The monoisotopic (exact) mass is 452 g/mol. The Kier molecular flexibility index (Phi) is 9.35. The minimum Gasteiger partial charge on any atom is -0.494 e. The summed E-state index contributed by atoms with van der Waals surface area (Å²) in [6, 6.07) is 12.5. The predicted molar refractivity (Wildman–Crippen MR) is 138 cm³/mol. The third-order valence-electron chi connectivity index (χ3n) is 6.05. The van der Waals surface area contributed by atoms with E-state index >= 15 is 0 Å². The SMILES string of the molecule is CCCCCOc1ccc2c(O)n(CCc3ccc(N(C)C)cc3)cc2c1OCCCCC. The molecule has 0 spiro atoms. The summed E-state index contributed by atoms with van der Waals surface area (Å²) in [6.45, 7) is 6.41. The van der Waals surface area contributed by atoms with Gasteiger partial charge in [0.2, 0.25) is 0 Å². The smallest absolute Gasteiger partial charge is 0.199 e. The van der Waals surface area contributed by atoms with Gasteiger partial charge in [-0.15, -0.1) is 0 Å². The van der Waals surface area contributed by atoms with Gasteiger partial charge in [0.1, 0.15) is 0 Å². The second-order valence-electron chi connectivity index (χ2n) is 8.92. The maximum atomic E-state index is 10.9. The number of benzene rings is 2. The number of ether oxygens (including phenoxy) is 2. The Bertz CT molecular complexity index is 993. The standard InChI is InChI=1S/C28H40N2O3/c1-5-7-9-19-32-26-16-15-24-25(27(26)33-20-10-8-6-2)21-30(28(24)31)18-17-22-11-13-23(14-12-22)29(3)4/h11-16,21,31H,5-10,17-20H2,1-4H3. The number of aryl methyl sites for hydroxylation is 2. The lowest BCUT2D eigenvalue weighted by molar-refractivity contribution is 0.262. The van der Waals surface area contributed by atoms with Gasteiger partial charge in [-0.25, -0.2) is 0 Å². The van der Waals surface area contributed by atoms with Gasteiger partial charge in [-0.3, -0.25) is 0 Å². The van der Waals surface area contributed by atoms with Gasteiger partial charge in [0.15, 0.2) is 17.4 Å². The van der Waals surface area contributed by atoms with Gasteiger partial charge in [-0.2, -0.15) is 0 Å². The van der Waals surface area contributed by atoms with E-state index in [1.807, 2.05) is 37.0 Å². The molecule has 3 rings (SSSR count). The van der Waals surface area contributed by atoms with Crippen LogP contribution in [0.1, 0.15) is 57.9 Å². The third-order valence-corrected chi connectivity index (χ3v) is 6.05. The van der Waals surface area contributed by atoms with E-state index in [1.165, 1.54) is 11.3 Å².